The number of hydrogen-bond donors (Lipinski definition) is 4. The molecule has 0 aromatic rings. The molecule has 3 aliphatic rings. The topological polar surface area (TPSA) is 159 Å². The lowest BCUT2D eigenvalue weighted by Crippen LogP contribution is -2.47. The maximum atomic E-state index is 13.5. The molecule has 5 N–H and O–H groups in total. The van der Waals surface area contributed by atoms with Gasteiger partial charge in [-0.05, 0) is 44.3 Å². The first kappa shape index (κ1) is 32.8. The lowest BCUT2D eigenvalue weighted by atomic mass is 9.82. The SMILES string of the molecule is C=C1C[C@H](OC)[C@@H](OC(N)=O)/C(C)=C/[C@H](C)[C@H]2OC3=C(CC(O)C=C3[C@H](OC)[C@@H](C)C[C@@H]2OC)NC(=O)[C@@](C)(O)C1. The Morgan fingerprint density at radius 2 is 1.78 bits per heavy atom. The molecule has 0 aromatic carbocycles. The van der Waals surface area contributed by atoms with Crippen molar-refractivity contribution in [3.63, 3.8) is 0 Å². The number of fused-ring (bicyclic) bond motifs is 1. The van der Waals surface area contributed by atoms with E-state index in [-0.39, 0.29) is 37.2 Å². The zero-order chi connectivity index (χ0) is 30.6. The fourth-order valence-electron chi connectivity index (χ4n) is 6.17. The van der Waals surface area contributed by atoms with Crippen molar-refractivity contribution in [3.05, 3.63) is 46.9 Å². The number of amides is 2. The predicted molar refractivity (Wildman–Crippen MR) is 151 cm³/mol. The lowest BCUT2D eigenvalue weighted by Gasteiger charge is -2.41. The van der Waals surface area contributed by atoms with Crippen LogP contribution in [-0.4, -0.2) is 85.8 Å². The minimum Gasteiger partial charge on any atom is -0.485 e. The maximum Gasteiger partial charge on any atom is 0.405 e. The molecule has 1 aliphatic carbocycles. The van der Waals surface area contributed by atoms with Crippen molar-refractivity contribution in [1.29, 1.82) is 0 Å². The largest absolute Gasteiger partial charge is 0.485 e. The van der Waals surface area contributed by atoms with Crippen LogP contribution >= 0.6 is 0 Å². The fourth-order valence-corrected chi connectivity index (χ4v) is 6.17. The molecule has 230 valence electrons. The predicted octanol–water partition coefficient (Wildman–Crippen LogP) is 2.62. The van der Waals surface area contributed by atoms with E-state index in [0.29, 0.717) is 34.6 Å². The summed E-state index contributed by atoms with van der Waals surface area (Å²) in [5, 5.41) is 24.9. The van der Waals surface area contributed by atoms with Gasteiger partial charge in [-0.25, -0.2) is 4.79 Å². The normalized spacial score (nSPS) is 38.6. The van der Waals surface area contributed by atoms with Gasteiger partial charge in [0.25, 0.3) is 5.91 Å². The molecular formula is C30H46N2O9. The van der Waals surface area contributed by atoms with Crippen LogP contribution in [0.1, 0.15) is 53.4 Å². The monoisotopic (exact) mass is 578 g/mol. The summed E-state index contributed by atoms with van der Waals surface area (Å²) in [5.74, 6) is -0.638. The summed E-state index contributed by atoms with van der Waals surface area (Å²) >= 11 is 0. The molecule has 0 saturated carbocycles. The third-order valence-corrected chi connectivity index (χ3v) is 8.14. The van der Waals surface area contributed by atoms with E-state index in [9.17, 15) is 19.8 Å². The number of carbonyl (C=O) groups excluding carboxylic acids is 2. The van der Waals surface area contributed by atoms with E-state index in [2.05, 4.69) is 11.9 Å². The van der Waals surface area contributed by atoms with Gasteiger partial charge in [-0.15, -0.1) is 0 Å². The summed E-state index contributed by atoms with van der Waals surface area (Å²) < 4.78 is 29.7. The summed E-state index contributed by atoms with van der Waals surface area (Å²) in [5.41, 5.74) is 5.71. The number of ether oxygens (including phenoxy) is 5. The van der Waals surface area contributed by atoms with Crippen LogP contribution in [0.15, 0.2) is 46.9 Å². The Morgan fingerprint density at radius 3 is 2.37 bits per heavy atom. The highest BCUT2D eigenvalue weighted by atomic mass is 16.6. The van der Waals surface area contributed by atoms with Crippen molar-refractivity contribution in [1.82, 2.24) is 5.32 Å². The summed E-state index contributed by atoms with van der Waals surface area (Å²) in [6, 6.07) is 0. The second kappa shape index (κ2) is 13.5. The van der Waals surface area contributed by atoms with Gasteiger partial charge in [-0.1, -0.05) is 32.1 Å². The highest BCUT2D eigenvalue weighted by molar-refractivity contribution is 5.86. The van der Waals surface area contributed by atoms with E-state index >= 15 is 0 Å². The standard InChI is InChI=1S/C30H46N2O9/c1-15-9-22(37-6)26(41-29(31)35)17(3)10-16(2)25-23(38-7)11-18(4)24(39-8)20-12-19(33)13-21(27(20)40-25)32-28(34)30(5,36)14-15/h10,12,16,18-19,22-26,33,36H,1,9,11,13-14H2,2-8H3,(H2,31,35)(H,32,34)/b17-10+/t16-,18-,19?,22-,23-,24+,25+,26-,30-/m0/s1. The minimum atomic E-state index is -1.86. The van der Waals surface area contributed by atoms with E-state index in [1.54, 1.807) is 20.3 Å². The van der Waals surface area contributed by atoms with Crippen LogP contribution in [0.2, 0.25) is 0 Å². The second-order valence-electron chi connectivity index (χ2n) is 11.7. The van der Waals surface area contributed by atoms with E-state index < -0.39 is 48.1 Å². The van der Waals surface area contributed by atoms with Crippen molar-refractivity contribution >= 4 is 12.0 Å². The Balaban J connectivity index is 2.24. The molecule has 41 heavy (non-hydrogen) atoms. The molecule has 2 aliphatic heterocycles. The molecule has 0 radical (unpaired) electrons. The average Bonchev–Trinajstić information content (AvgIpc) is 2.87. The van der Waals surface area contributed by atoms with Gasteiger partial charge in [-0.3, -0.25) is 4.79 Å². The molecule has 0 spiro atoms. The molecule has 9 atom stereocenters. The molecule has 2 heterocycles. The zero-order valence-corrected chi connectivity index (χ0v) is 25.1. The molecule has 11 heteroatoms. The number of primary amides is 1. The first-order valence-electron chi connectivity index (χ1n) is 14.0. The Morgan fingerprint density at radius 1 is 1.12 bits per heavy atom. The first-order valence-corrected chi connectivity index (χ1v) is 14.0. The summed E-state index contributed by atoms with van der Waals surface area (Å²) in [6.07, 6.45) is -0.413. The van der Waals surface area contributed by atoms with Gasteiger partial charge in [0, 0.05) is 45.7 Å². The van der Waals surface area contributed by atoms with Crippen LogP contribution < -0.4 is 11.1 Å². The van der Waals surface area contributed by atoms with Crippen molar-refractivity contribution in [2.24, 2.45) is 17.6 Å². The molecule has 2 amide bonds. The van der Waals surface area contributed by atoms with Crippen molar-refractivity contribution in [2.45, 2.75) is 95.6 Å². The molecule has 11 nitrogen and oxygen atoms in total. The van der Waals surface area contributed by atoms with Crippen LogP contribution in [-0.2, 0) is 28.5 Å². The highest BCUT2D eigenvalue weighted by Crippen LogP contribution is 2.40. The second-order valence-corrected chi connectivity index (χ2v) is 11.7. The molecule has 1 fully saturated rings. The summed E-state index contributed by atoms with van der Waals surface area (Å²) in [7, 11) is 4.68. The van der Waals surface area contributed by atoms with Crippen LogP contribution in [0.3, 0.4) is 0 Å². The van der Waals surface area contributed by atoms with Gasteiger partial charge in [0.2, 0.25) is 0 Å². The number of nitrogens with two attached hydrogens (primary N) is 1. The van der Waals surface area contributed by atoms with Crippen LogP contribution in [0, 0.1) is 11.8 Å². The van der Waals surface area contributed by atoms with Crippen LogP contribution in [0.25, 0.3) is 0 Å². The molecule has 1 saturated heterocycles. The number of nitrogens with one attached hydrogen (secondary N) is 1. The number of rotatable bonds is 4. The Bertz CT molecular complexity index is 1100. The molecule has 1 unspecified atom stereocenters. The Kier molecular flexibility index (Phi) is 10.8. The number of carbonyl (C=O) groups is 2. The van der Waals surface area contributed by atoms with Crippen molar-refractivity contribution < 1.29 is 43.5 Å². The van der Waals surface area contributed by atoms with E-state index in [1.807, 2.05) is 26.8 Å². The summed E-state index contributed by atoms with van der Waals surface area (Å²) in [6.45, 7) is 11.3. The van der Waals surface area contributed by atoms with Gasteiger partial charge in [-0.2, -0.15) is 0 Å². The average molecular weight is 579 g/mol. The number of methoxy groups -OCH3 is 3. The van der Waals surface area contributed by atoms with Gasteiger partial charge in [0.05, 0.1) is 24.0 Å². The van der Waals surface area contributed by atoms with E-state index in [0.717, 1.165) is 0 Å². The van der Waals surface area contributed by atoms with Gasteiger partial charge in [0.15, 0.2) is 6.10 Å². The van der Waals surface area contributed by atoms with Crippen LogP contribution in [0.5, 0.6) is 0 Å². The first-order chi connectivity index (χ1) is 19.2. The van der Waals surface area contributed by atoms with Crippen molar-refractivity contribution in [3.8, 4) is 0 Å². The number of aliphatic hydroxyl groups excluding tert-OH is 1. The number of hydrogen-bond acceptors (Lipinski definition) is 9. The fraction of sp³-hybridized carbons (Fsp3) is 0.667. The highest BCUT2D eigenvalue weighted by Gasteiger charge is 2.42. The summed E-state index contributed by atoms with van der Waals surface area (Å²) in [4.78, 5) is 25.4. The quantitative estimate of drug-likeness (QED) is 0.368. The Labute approximate surface area is 242 Å². The van der Waals surface area contributed by atoms with Gasteiger partial charge < -0.3 is 44.9 Å². The maximum absolute atomic E-state index is 13.5. The lowest BCUT2D eigenvalue weighted by molar-refractivity contribution is -0.137. The van der Waals surface area contributed by atoms with E-state index in [1.165, 1.54) is 14.0 Å². The molecule has 0 aromatic heterocycles. The molecular weight excluding hydrogens is 532 g/mol. The third-order valence-electron chi connectivity index (χ3n) is 8.14. The Hall–Kier alpha value is -2.70. The van der Waals surface area contributed by atoms with E-state index in [4.69, 9.17) is 29.4 Å². The van der Waals surface area contributed by atoms with Gasteiger partial charge >= 0.3 is 6.09 Å². The molecule has 3 rings (SSSR count). The van der Waals surface area contributed by atoms with Crippen molar-refractivity contribution in [2.75, 3.05) is 21.3 Å². The smallest absolute Gasteiger partial charge is 0.405 e. The van der Waals surface area contributed by atoms with Crippen LogP contribution in [0.4, 0.5) is 4.79 Å². The van der Waals surface area contributed by atoms with Gasteiger partial charge in [0.1, 0.15) is 23.6 Å². The molecule has 2 bridgehead atoms. The zero-order valence-electron chi connectivity index (χ0n) is 25.1. The number of aliphatic hydroxyl groups is 2. The minimum absolute atomic E-state index is 0.0468. The third kappa shape index (κ3) is 7.58.